The zero-order valence-corrected chi connectivity index (χ0v) is 10.9. The highest BCUT2D eigenvalue weighted by molar-refractivity contribution is 5.97. The van der Waals surface area contributed by atoms with Crippen LogP contribution in [0.1, 0.15) is 10.4 Å². The van der Waals surface area contributed by atoms with Crippen molar-refractivity contribution in [2.24, 2.45) is 11.8 Å². The normalized spacial score (nSPS) is 25.4. The molecule has 0 bridgehead atoms. The first-order valence-electron chi connectivity index (χ1n) is 6.56. The van der Waals surface area contributed by atoms with Crippen LogP contribution < -0.4 is 10.1 Å². The van der Waals surface area contributed by atoms with E-state index in [0.717, 1.165) is 26.2 Å². The number of fused-ring (bicyclic) bond motifs is 1. The Morgan fingerprint density at radius 3 is 2.68 bits per heavy atom. The van der Waals surface area contributed by atoms with Crippen molar-refractivity contribution >= 4 is 5.91 Å². The summed E-state index contributed by atoms with van der Waals surface area (Å²) < 4.78 is 5.04. The SMILES string of the molecule is COc1cccc(C(=O)N2CC3CNCC3C2)c1O. The Hall–Kier alpha value is -1.75. The highest BCUT2D eigenvalue weighted by atomic mass is 16.5. The molecule has 2 heterocycles. The second-order valence-corrected chi connectivity index (χ2v) is 5.24. The van der Waals surface area contributed by atoms with Crippen LogP contribution in [0.25, 0.3) is 0 Å². The summed E-state index contributed by atoms with van der Waals surface area (Å²) in [6.07, 6.45) is 0. The van der Waals surface area contributed by atoms with Crippen molar-refractivity contribution in [2.45, 2.75) is 0 Å². The lowest BCUT2D eigenvalue weighted by Gasteiger charge is -2.18. The predicted molar refractivity (Wildman–Crippen MR) is 70.4 cm³/mol. The molecule has 0 radical (unpaired) electrons. The monoisotopic (exact) mass is 262 g/mol. The van der Waals surface area contributed by atoms with Gasteiger partial charge >= 0.3 is 0 Å². The number of ether oxygens (including phenoxy) is 1. The molecule has 1 aromatic carbocycles. The highest BCUT2D eigenvalue weighted by Gasteiger charge is 2.38. The quantitative estimate of drug-likeness (QED) is 0.823. The van der Waals surface area contributed by atoms with Gasteiger partial charge in [0, 0.05) is 26.2 Å². The number of carbonyl (C=O) groups excluding carboxylic acids is 1. The van der Waals surface area contributed by atoms with Gasteiger partial charge < -0.3 is 20.1 Å². The smallest absolute Gasteiger partial charge is 0.257 e. The van der Waals surface area contributed by atoms with E-state index in [1.54, 1.807) is 18.2 Å². The van der Waals surface area contributed by atoms with Gasteiger partial charge in [-0.05, 0) is 24.0 Å². The van der Waals surface area contributed by atoms with Gasteiger partial charge in [-0.1, -0.05) is 6.07 Å². The molecule has 3 rings (SSSR count). The summed E-state index contributed by atoms with van der Waals surface area (Å²) in [7, 11) is 1.48. The number of carbonyl (C=O) groups is 1. The summed E-state index contributed by atoms with van der Waals surface area (Å²) in [5.41, 5.74) is 0.326. The molecular weight excluding hydrogens is 244 g/mol. The van der Waals surface area contributed by atoms with E-state index in [-0.39, 0.29) is 11.7 Å². The van der Waals surface area contributed by atoms with E-state index in [9.17, 15) is 9.90 Å². The van der Waals surface area contributed by atoms with Crippen molar-refractivity contribution in [2.75, 3.05) is 33.3 Å². The lowest BCUT2D eigenvalue weighted by Crippen LogP contribution is -2.31. The molecule has 5 nitrogen and oxygen atoms in total. The summed E-state index contributed by atoms with van der Waals surface area (Å²) >= 11 is 0. The minimum Gasteiger partial charge on any atom is -0.504 e. The maximum absolute atomic E-state index is 12.5. The molecule has 2 atom stereocenters. The van der Waals surface area contributed by atoms with Gasteiger partial charge in [-0.2, -0.15) is 0 Å². The summed E-state index contributed by atoms with van der Waals surface area (Å²) in [6, 6.07) is 5.02. The molecule has 19 heavy (non-hydrogen) atoms. The number of aromatic hydroxyl groups is 1. The van der Waals surface area contributed by atoms with E-state index in [2.05, 4.69) is 5.32 Å². The maximum atomic E-state index is 12.5. The fourth-order valence-electron chi connectivity index (χ4n) is 3.05. The van der Waals surface area contributed by atoms with Crippen molar-refractivity contribution in [3.8, 4) is 11.5 Å². The van der Waals surface area contributed by atoms with Crippen LogP contribution in [-0.4, -0.2) is 49.2 Å². The van der Waals surface area contributed by atoms with Gasteiger partial charge in [-0.25, -0.2) is 0 Å². The van der Waals surface area contributed by atoms with Crippen molar-refractivity contribution in [1.29, 1.82) is 0 Å². The van der Waals surface area contributed by atoms with Crippen LogP contribution in [-0.2, 0) is 0 Å². The van der Waals surface area contributed by atoms with Gasteiger partial charge in [0.1, 0.15) is 0 Å². The molecule has 2 aliphatic rings. The maximum Gasteiger partial charge on any atom is 0.257 e. The Morgan fingerprint density at radius 2 is 2.05 bits per heavy atom. The number of hydrogen-bond acceptors (Lipinski definition) is 4. The Bertz CT molecular complexity index is 491. The van der Waals surface area contributed by atoms with Crippen molar-refractivity contribution in [3.63, 3.8) is 0 Å². The lowest BCUT2D eigenvalue weighted by molar-refractivity contribution is 0.0778. The molecule has 0 aromatic heterocycles. The molecule has 0 spiro atoms. The van der Waals surface area contributed by atoms with E-state index in [0.29, 0.717) is 23.1 Å². The molecule has 2 saturated heterocycles. The van der Waals surface area contributed by atoms with Crippen LogP contribution in [0.2, 0.25) is 0 Å². The third-order valence-corrected chi connectivity index (χ3v) is 4.13. The molecule has 0 aliphatic carbocycles. The largest absolute Gasteiger partial charge is 0.504 e. The molecule has 2 aliphatic heterocycles. The number of para-hydroxylation sites is 1. The van der Waals surface area contributed by atoms with Gasteiger partial charge in [0.15, 0.2) is 11.5 Å². The van der Waals surface area contributed by atoms with Crippen LogP contribution in [0, 0.1) is 11.8 Å². The minimum absolute atomic E-state index is 0.0646. The van der Waals surface area contributed by atoms with Crippen molar-refractivity contribution in [3.05, 3.63) is 23.8 Å². The van der Waals surface area contributed by atoms with E-state index >= 15 is 0 Å². The zero-order valence-electron chi connectivity index (χ0n) is 10.9. The number of amides is 1. The number of nitrogens with zero attached hydrogens (tertiary/aromatic N) is 1. The van der Waals surface area contributed by atoms with Gasteiger partial charge in [0.25, 0.3) is 5.91 Å². The lowest BCUT2D eigenvalue weighted by atomic mass is 10.0. The van der Waals surface area contributed by atoms with Crippen LogP contribution in [0.5, 0.6) is 11.5 Å². The first kappa shape index (κ1) is 12.3. The molecule has 2 fully saturated rings. The molecule has 5 heteroatoms. The summed E-state index contributed by atoms with van der Waals surface area (Å²) in [5.74, 6) is 1.27. The minimum atomic E-state index is -0.106. The molecule has 102 valence electrons. The fourth-order valence-corrected chi connectivity index (χ4v) is 3.05. The van der Waals surface area contributed by atoms with Crippen LogP contribution in [0.3, 0.4) is 0 Å². The third kappa shape index (κ3) is 2.04. The van der Waals surface area contributed by atoms with Gasteiger partial charge in [0.2, 0.25) is 0 Å². The van der Waals surface area contributed by atoms with Gasteiger partial charge in [-0.3, -0.25) is 4.79 Å². The molecular formula is C14H18N2O3. The molecule has 2 unspecified atom stereocenters. The zero-order chi connectivity index (χ0) is 13.4. The predicted octanol–water partition coefficient (Wildman–Crippen LogP) is 0.692. The van der Waals surface area contributed by atoms with Gasteiger partial charge in [0.05, 0.1) is 12.7 Å². The summed E-state index contributed by atoms with van der Waals surface area (Å²) in [6.45, 7) is 3.51. The third-order valence-electron chi connectivity index (χ3n) is 4.13. The number of nitrogens with one attached hydrogen (secondary N) is 1. The van der Waals surface area contributed by atoms with E-state index in [4.69, 9.17) is 4.74 Å². The number of phenolic OH excluding ortho intramolecular Hbond substituents is 1. The Labute approximate surface area is 112 Å². The van der Waals surface area contributed by atoms with Crippen molar-refractivity contribution in [1.82, 2.24) is 10.2 Å². The Morgan fingerprint density at radius 1 is 1.37 bits per heavy atom. The first-order valence-corrected chi connectivity index (χ1v) is 6.56. The highest BCUT2D eigenvalue weighted by Crippen LogP contribution is 2.33. The second-order valence-electron chi connectivity index (χ2n) is 5.24. The van der Waals surface area contributed by atoms with Gasteiger partial charge in [-0.15, -0.1) is 0 Å². The van der Waals surface area contributed by atoms with E-state index < -0.39 is 0 Å². The average molecular weight is 262 g/mol. The summed E-state index contributed by atoms with van der Waals surface area (Å²) in [4.78, 5) is 14.3. The van der Waals surface area contributed by atoms with E-state index in [1.165, 1.54) is 7.11 Å². The molecule has 2 N–H and O–H groups in total. The topological polar surface area (TPSA) is 61.8 Å². The second kappa shape index (κ2) is 4.74. The first-order chi connectivity index (χ1) is 9.20. The number of phenols is 1. The standard InChI is InChI=1S/C14H18N2O3/c1-19-12-4-2-3-11(13(12)17)14(18)16-7-9-5-15-6-10(9)8-16/h2-4,9-10,15,17H,5-8H2,1H3. The molecule has 1 aromatic rings. The number of hydrogen-bond donors (Lipinski definition) is 2. The van der Waals surface area contributed by atoms with Crippen LogP contribution >= 0.6 is 0 Å². The summed E-state index contributed by atoms with van der Waals surface area (Å²) in [5, 5.41) is 13.4. The number of likely N-dealkylation sites (tertiary alicyclic amines) is 1. The molecule has 0 saturated carbocycles. The fraction of sp³-hybridized carbons (Fsp3) is 0.500. The van der Waals surface area contributed by atoms with E-state index in [1.807, 2.05) is 4.90 Å². The van der Waals surface area contributed by atoms with Crippen LogP contribution in [0.4, 0.5) is 0 Å². The molecule has 1 amide bonds. The Balaban J connectivity index is 1.81. The average Bonchev–Trinajstić information content (AvgIpc) is 2.99. The van der Waals surface area contributed by atoms with Crippen LogP contribution in [0.15, 0.2) is 18.2 Å². The number of methoxy groups -OCH3 is 1. The van der Waals surface area contributed by atoms with Crippen molar-refractivity contribution < 1.29 is 14.6 Å². The Kier molecular flexibility index (Phi) is 3.06. The number of rotatable bonds is 2. The number of benzene rings is 1.